The Morgan fingerprint density at radius 1 is 1.19 bits per heavy atom. The minimum Gasteiger partial charge on any atom is -0.376 e. The summed E-state index contributed by atoms with van der Waals surface area (Å²) in [7, 11) is 0. The van der Waals surface area contributed by atoms with Crippen molar-refractivity contribution in [2.45, 2.75) is 64.2 Å². The predicted molar refractivity (Wildman–Crippen MR) is 82.0 cm³/mol. The van der Waals surface area contributed by atoms with Gasteiger partial charge in [-0.15, -0.1) is 0 Å². The molecule has 2 saturated heterocycles. The molecule has 0 aromatic heterocycles. The second kappa shape index (κ2) is 8.11. The van der Waals surface area contributed by atoms with Crippen LogP contribution in [0.3, 0.4) is 0 Å². The fraction of sp³-hybridized carbons (Fsp3) is 0.938. The van der Waals surface area contributed by atoms with E-state index in [1.165, 1.54) is 0 Å². The maximum absolute atomic E-state index is 12.7. The number of hydrogen-bond donors (Lipinski definition) is 1. The van der Waals surface area contributed by atoms with Crippen LogP contribution in [-0.4, -0.2) is 55.4 Å². The zero-order chi connectivity index (χ0) is 15.2. The van der Waals surface area contributed by atoms with Gasteiger partial charge < -0.3 is 20.1 Å². The van der Waals surface area contributed by atoms with Crippen LogP contribution in [0.15, 0.2) is 0 Å². The number of nitrogens with zero attached hydrogens (tertiary/aromatic N) is 1. The lowest BCUT2D eigenvalue weighted by atomic mass is 9.98. The Balaban J connectivity index is 1.96. The molecule has 0 spiro atoms. The maximum atomic E-state index is 12.7. The van der Waals surface area contributed by atoms with Crippen molar-refractivity contribution in [3.05, 3.63) is 0 Å². The molecule has 5 heteroatoms. The second-order valence-corrected chi connectivity index (χ2v) is 6.42. The summed E-state index contributed by atoms with van der Waals surface area (Å²) in [4.78, 5) is 14.6. The smallest absolute Gasteiger partial charge is 0.239 e. The average Bonchev–Trinajstić information content (AvgIpc) is 3.17. The number of hydrogen-bond acceptors (Lipinski definition) is 4. The molecule has 21 heavy (non-hydrogen) atoms. The van der Waals surface area contributed by atoms with Gasteiger partial charge in [-0.05, 0) is 31.6 Å². The molecule has 1 amide bonds. The van der Waals surface area contributed by atoms with E-state index in [-0.39, 0.29) is 24.0 Å². The Morgan fingerprint density at radius 3 is 2.10 bits per heavy atom. The van der Waals surface area contributed by atoms with Gasteiger partial charge in [0.25, 0.3) is 0 Å². The predicted octanol–water partition coefficient (Wildman–Crippen LogP) is 1.55. The van der Waals surface area contributed by atoms with E-state index in [4.69, 9.17) is 15.2 Å². The molecule has 0 aromatic rings. The van der Waals surface area contributed by atoms with E-state index in [0.717, 1.165) is 45.3 Å². The van der Waals surface area contributed by atoms with Crippen molar-refractivity contribution in [2.75, 3.05) is 26.3 Å². The molecule has 0 bridgehead atoms. The molecule has 4 atom stereocenters. The standard InChI is InChI=1S/C16H30N2O3/c1-3-12(2)15(17)16(19)18(10-13-6-4-8-20-13)11-14-7-5-9-21-14/h12-15H,3-11,17H2,1-2H3/t12-,13?,14?,15-/m0/s1. The molecular formula is C16H30N2O3. The number of carbonyl (C=O) groups is 1. The topological polar surface area (TPSA) is 64.8 Å². The summed E-state index contributed by atoms with van der Waals surface area (Å²) in [6.45, 7) is 7.04. The molecule has 2 rings (SSSR count). The first-order valence-electron chi connectivity index (χ1n) is 8.39. The van der Waals surface area contributed by atoms with Gasteiger partial charge in [0, 0.05) is 26.3 Å². The van der Waals surface area contributed by atoms with Crippen LogP contribution >= 0.6 is 0 Å². The molecule has 122 valence electrons. The minimum absolute atomic E-state index is 0.0513. The van der Waals surface area contributed by atoms with Gasteiger partial charge in [0.1, 0.15) is 0 Å². The summed E-state index contributed by atoms with van der Waals surface area (Å²) in [5.41, 5.74) is 6.15. The van der Waals surface area contributed by atoms with E-state index in [1.807, 2.05) is 11.8 Å². The zero-order valence-corrected chi connectivity index (χ0v) is 13.4. The van der Waals surface area contributed by atoms with Crippen LogP contribution in [0.4, 0.5) is 0 Å². The van der Waals surface area contributed by atoms with Crippen LogP contribution in [0.2, 0.25) is 0 Å². The summed E-state index contributed by atoms with van der Waals surface area (Å²) in [6, 6.07) is -0.419. The highest BCUT2D eigenvalue weighted by Gasteiger charge is 2.31. The highest BCUT2D eigenvalue weighted by molar-refractivity contribution is 5.82. The number of rotatable bonds is 7. The summed E-state index contributed by atoms with van der Waals surface area (Å²) < 4.78 is 11.4. The number of ether oxygens (including phenoxy) is 2. The molecule has 0 saturated carbocycles. The van der Waals surface area contributed by atoms with Gasteiger partial charge in [-0.1, -0.05) is 20.3 Å². The molecule has 0 aromatic carbocycles. The molecule has 2 N–H and O–H groups in total. The van der Waals surface area contributed by atoms with E-state index >= 15 is 0 Å². The Bertz CT molecular complexity index is 307. The monoisotopic (exact) mass is 298 g/mol. The van der Waals surface area contributed by atoms with Crippen molar-refractivity contribution in [1.29, 1.82) is 0 Å². The summed E-state index contributed by atoms with van der Waals surface area (Å²) in [6.07, 6.45) is 5.50. The third-order valence-corrected chi connectivity index (χ3v) is 4.75. The third kappa shape index (κ3) is 4.66. The van der Waals surface area contributed by atoms with Crippen LogP contribution in [-0.2, 0) is 14.3 Å². The number of nitrogens with two attached hydrogens (primary N) is 1. The quantitative estimate of drug-likeness (QED) is 0.774. The molecule has 2 aliphatic rings. The SMILES string of the molecule is CC[C@H](C)[C@H](N)C(=O)N(CC1CCCO1)CC1CCCO1. The van der Waals surface area contributed by atoms with E-state index in [0.29, 0.717) is 13.1 Å². The fourth-order valence-electron chi connectivity index (χ4n) is 3.03. The van der Waals surface area contributed by atoms with E-state index in [2.05, 4.69) is 6.92 Å². The molecule has 5 nitrogen and oxygen atoms in total. The molecular weight excluding hydrogens is 268 g/mol. The summed E-state index contributed by atoms with van der Waals surface area (Å²) in [5.74, 6) is 0.254. The highest BCUT2D eigenvalue weighted by Crippen LogP contribution is 2.19. The van der Waals surface area contributed by atoms with E-state index in [1.54, 1.807) is 0 Å². The van der Waals surface area contributed by atoms with Crippen LogP contribution in [0.1, 0.15) is 46.0 Å². The van der Waals surface area contributed by atoms with Gasteiger partial charge in [0.15, 0.2) is 0 Å². The molecule has 0 aliphatic carbocycles. The first-order chi connectivity index (χ1) is 10.1. The van der Waals surface area contributed by atoms with E-state index < -0.39 is 6.04 Å². The molecule has 2 unspecified atom stereocenters. The van der Waals surface area contributed by atoms with Crippen molar-refractivity contribution in [1.82, 2.24) is 4.90 Å². The summed E-state index contributed by atoms with van der Waals surface area (Å²) in [5, 5.41) is 0. The third-order valence-electron chi connectivity index (χ3n) is 4.75. The van der Waals surface area contributed by atoms with Crippen LogP contribution in [0.5, 0.6) is 0 Å². The number of carbonyl (C=O) groups excluding carboxylic acids is 1. The first kappa shape index (κ1) is 16.7. The van der Waals surface area contributed by atoms with Crippen molar-refractivity contribution in [3.8, 4) is 0 Å². The van der Waals surface area contributed by atoms with Crippen LogP contribution in [0, 0.1) is 5.92 Å². The minimum atomic E-state index is -0.419. The van der Waals surface area contributed by atoms with Crippen molar-refractivity contribution in [2.24, 2.45) is 11.7 Å². The Kier molecular flexibility index (Phi) is 6.45. The largest absolute Gasteiger partial charge is 0.376 e. The Hall–Kier alpha value is -0.650. The molecule has 0 radical (unpaired) electrons. The lowest BCUT2D eigenvalue weighted by Crippen LogP contribution is -2.51. The van der Waals surface area contributed by atoms with Crippen molar-refractivity contribution < 1.29 is 14.3 Å². The average molecular weight is 298 g/mol. The summed E-state index contributed by atoms with van der Waals surface area (Å²) >= 11 is 0. The zero-order valence-electron chi connectivity index (χ0n) is 13.4. The Labute approximate surface area is 128 Å². The lowest BCUT2D eigenvalue weighted by Gasteiger charge is -2.31. The van der Waals surface area contributed by atoms with Gasteiger partial charge in [-0.25, -0.2) is 0 Å². The van der Waals surface area contributed by atoms with Gasteiger partial charge >= 0.3 is 0 Å². The van der Waals surface area contributed by atoms with Gasteiger partial charge in [-0.3, -0.25) is 4.79 Å². The van der Waals surface area contributed by atoms with Gasteiger partial charge in [0.05, 0.1) is 18.2 Å². The van der Waals surface area contributed by atoms with Crippen LogP contribution in [0.25, 0.3) is 0 Å². The van der Waals surface area contributed by atoms with Gasteiger partial charge in [-0.2, -0.15) is 0 Å². The number of amides is 1. The first-order valence-corrected chi connectivity index (χ1v) is 8.39. The Morgan fingerprint density at radius 2 is 1.71 bits per heavy atom. The van der Waals surface area contributed by atoms with Crippen LogP contribution < -0.4 is 5.73 Å². The normalized spacial score (nSPS) is 28.5. The van der Waals surface area contributed by atoms with Crippen molar-refractivity contribution >= 4 is 5.91 Å². The highest BCUT2D eigenvalue weighted by atomic mass is 16.5. The second-order valence-electron chi connectivity index (χ2n) is 6.42. The van der Waals surface area contributed by atoms with Crippen molar-refractivity contribution in [3.63, 3.8) is 0 Å². The van der Waals surface area contributed by atoms with E-state index in [9.17, 15) is 4.79 Å². The fourth-order valence-corrected chi connectivity index (χ4v) is 3.03. The molecule has 2 aliphatic heterocycles. The molecule has 2 heterocycles. The van der Waals surface area contributed by atoms with Gasteiger partial charge in [0.2, 0.25) is 5.91 Å². The molecule has 2 fully saturated rings. The maximum Gasteiger partial charge on any atom is 0.239 e. The lowest BCUT2D eigenvalue weighted by molar-refractivity contribution is -0.137.